The molecule has 0 radical (unpaired) electrons. The van der Waals surface area contributed by atoms with E-state index in [0.717, 1.165) is 36.9 Å². The van der Waals surface area contributed by atoms with E-state index in [9.17, 15) is 0 Å². The van der Waals surface area contributed by atoms with Crippen LogP contribution >= 0.6 is 0 Å². The lowest BCUT2D eigenvalue weighted by Crippen LogP contribution is -2.52. The van der Waals surface area contributed by atoms with Gasteiger partial charge >= 0.3 is 0 Å². The molecule has 17 heavy (non-hydrogen) atoms. The minimum Gasteiger partial charge on any atom is -0.454 e. The van der Waals surface area contributed by atoms with Gasteiger partial charge in [-0.05, 0) is 12.1 Å². The average molecular weight is 236 g/mol. The van der Waals surface area contributed by atoms with E-state index in [-0.39, 0.29) is 5.41 Å². The molecular weight excluding hydrogens is 220 g/mol. The molecule has 0 unspecified atom stereocenters. The van der Waals surface area contributed by atoms with Gasteiger partial charge in [0.2, 0.25) is 6.79 Å². The van der Waals surface area contributed by atoms with E-state index in [2.05, 4.69) is 5.32 Å². The van der Waals surface area contributed by atoms with Crippen LogP contribution in [0.5, 0.6) is 11.5 Å². The van der Waals surface area contributed by atoms with Crippen molar-refractivity contribution >= 4 is 5.69 Å². The SMILES string of the molecule is NCC1(CNc2ccc3c(c2)OCO3)COC1. The molecule has 0 spiro atoms. The van der Waals surface area contributed by atoms with Crippen LogP contribution in [0.4, 0.5) is 5.69 Å². The fourth-order valence-electron chi connectivity index (χ4n) is 1.98. The maximum atomic E-state index is 5.76. The van der Waals surface area contributed by atoms with Crippen LogP contribution in [-0.4, -0.2) is 33.1 Å². The number of nitrogens with two attached hydrogens (primary N) is 1. The fraction of sp³-hybridized carbons (Fsp3) is 0.500. The minimum absolute atomic E-state index is 0.0936. The lowest BCUT2D eigenvalue weighted by Gasteiger charge is -2.40. The molecule has 1 aromatic carbocycles. The molecule has 5 nitrogen and oxygen atoms in total. The molecule has 0 atom stereocenters. The van der Waals surface area contributed by atoms with Gasteiger partial charge in [-0.1, -0.05) is 0 Å². The van der Waals surface area contributed by atoms with Crippen LogP contribution in [0.1, 0.15) is 0 Å². The summed E-state index contributed by atoms with van der Waals surface area (Å²) in [6.07, 6.45) is 0. The Bertz CT molecular complexity index is 413. The molecule has 0 bridgehead atoms. The van der Waals surface area contributed by atoms with E-state index >= 15 is 0 Å². The monoisotopic (exact) mass is 236 g/mol. The van der Waals surface area contributed by atoms with E-state index in [1.807, 2.05) is 18.2 Å². The van der Waals surface area contributed by atoms with Crippen molar-refractivity contribution in [2.75, 3.05) is 38.4 Å². The number of hydrogen-bond donors (Lipinski definition) is 2. The van der Waals surface area contributed by atoms with Crippen molar-refractivity contribution in [2.24, 2.45) is 11.1 Å². The van der Waals surface area contributed by atoms with Gasteiger partial charge < -0.3 is 25.3 Å². The van der Waals surface area contributed by atoms with Gasteiger partial charge in [-0.25, -0.2) is 0 Å². The number of anilines is 1. The van der Waals surface area contributed by atoms with Crippen molar-refractivity contribution < 1.29 is 14.2 Å². The quantitative estimate of drug-likeness (QED) is 0.809. The topological polar surface area (TPSA) is 65.7 Å². The van der Waals surface area contributed by atoms with Crippen molar-refractivity contribution in [3.05, 3.63) is 18.2 Å². The van der Waals surface area contributed by atoms with Gasteiger partial charge in [0.25, 0.3) is 0 Å². The van der Waals surface area contributed by atoms with Gasteiger partial charge in [0.1, 0.15) is 0 Å². The summed E-state index contributed by atoms with van der Waals surface area (Å²) in [5.74, 6) is 1.60. The highest BCUT2D eigenvalue weighted by Crippen LogP contribution is 2.35. The molecule has 0 saturated carbocycles. The Morgan fingerprint density at radius 1 is 1.24 bits per heavy atom. The third-order valence-corrected chi connectivity index (χ3v) is 3.29. The molecule has 0 amide bonds. The minimum atomic E-state index is 0.0936. The predicted molar refractivity (Wildman–Crippen MR) is 63.4 cm³/mol. The molecule has 3 N–H and O–H groups in total. The normalized spacial score (nSPS) is 19.8. The van der Waals surface area contributed by atoms with E-state index in [4.69, 9.17) is 19.9 Å². The summed E-state index contributed by atoms with van der Waals surface area (Å²) >= 11 is 0. The zero-order valence-corrected chi connectivity index (χ0v) is 9.57. The Balaban J connectivity index is 1.65. The average Bonchev–Trinajstić information content (AvgIpc) is 2.75. The molecule has 2 heterocycles. The molecule has 0 aromatic heterocycles. The molecule has 1 saturated heterocycles. The molecule has 2 aliphatic heterocycles. The van der Waals surface area contributed by atoms with Crippen molar-refractivity contribution in [2.45, 2.75) is 0 Å². The first-order valence-corrected chi connectivity index (χ1v) is 5.73. The van der Waals surface area contributed by atoms with Crippen molar-refractivity contribution in [3.8, 4) is 11.5 Å². The van der Waals surface area contributed by atoms with Gasteiger partial charge in [-0.2, -0.15) is 0 Å². The van der Waals surface area contributed by atoms with E-state index in [1.165, 1.54) is 0 Å². The summed E-state index contributed by atoms with van der Waals surface area (Å²) in [6.45, 7) is 3.25. The first-order chi connectivity index (χ1) is 8.31. The summed E-state index contributed by atoms with van der Waals surface area (Å²) in [7, 11) is 0. The number of fused-ring (bicyclic) bond motifs is 1. The molecule has 92 valence electrons. The highest BCUT2D eigenvalue weighted by atomic mass is 16.7. The third-order valence-electron chi connectivity index (χ3n) is 3.29. The first-order valence-electron chi connectivity index (χ1n) is 5.73. The maximum absolute atomic E-state index is 5.76. The van der Waals surface area contributed by atoms with Gasteiger partial charge in [-0.15, -0.1) is 0 Å². The van der Waals surface area contributed by atoms with Crippen LogP contribution in [-0.2, 0) is 4.74 Å². The van der Waals surface area contributed by atoms with E-state index in [0.29, 0.717) is 13.3 Å². The van der Waals surface area contributed by atoms with Crippen LogP contribution in [0.15, 0.2) is 18.2 Å². The smallest absolute Gasteiger partial charge is 0.231 e. The van der Waals surface area contributed by atoms with Crippen molar-refractivity contribution in [1.29, 1.82) is 0 Å². The predicted octanol–water partition coefficient (Wildman–Crippen LogP) is 0.802. The zero-order valence-electron chi connectivity index (χ0n) is 9.57. The van der Waals surface area contributed by atoms with Gasteiger partial charge in [0.15, 0.2) is 11.5 Å². The Kier molecular flexibility index (Phi) is 2.57. The van der Waals surface area contributed by atoms with Crippen LogP contribution in [0, 0.1) is 5.41 Å². The van der Waals surface area contributed by atoms with Crippen LogP contribution in [0.2, 0.25) is 0 Å². The second-order valence-corrected chi connectivity index (χ2v) is 4.62. The highest BCUT2D eigenvalue weighted by molar-refractivity contribution is 5.55. The summed E-state index contributed by atoms with van der Waals surface area (Å²) in [4.78, 5) is 0. The highest BCUT2D eigenvalue weighted by Gasteiger charge is 2.37. The van der Waals surface area contributed by atoms with Crippen LogP contribution in [0.25, 0.3) is 0 Å². The summed E-state index contributed by atoms with van der Waals surface area (Å²) in [6, 6.07) is 5.85. The molecule has 1 fully saturated rings. The second kappa shape index (κ2) is 4.09. The summed E-state index contributed by atoms with van der Waals surface area (Å²) < 4.78 is 15.8. The molecule has 0 aliphatic carbocycles. The lowest BCUT2D eigenvalue weighted by molar-refractivity contribution is -0.0979. The summed E-state index contributed by atoms with van der Waals surface area (Å²) in [5.41, 5.74) is 6.87. The Labute approximate surface area is 99.8 Å². The number of rotatable bonds is 4. The third kappa shape index (κ3) is 1.92. The van der Waals surface area contributed by atoms with E-state index < -0.39 is 0 Å². The first kappa shape index (κ1) is 10.7. The van der Waals surface area contributed by atoms with Gasteiger partial charge in [-0.3, -0.25) is 0 Å². The van der Waals surface area contributed by atoms with E-state index in [1.54, 1.807) is 0 Å². The lowest BCUT2D eigenvalue weighted by atomic mass is 9.86. The number of ether oxygens (including phenoxy) is 3. The molecular formula is C12H16N2O3. The second-order valence-electron chi connectivity index (χ2n) is 4.62. The maximum Gasteiger partial charge on any atom is 0.231 e. The molecule has 2 aliphatic rings. The van der Waals surface area contributed by atoms with Crippen LogP contribution in [0.3, 0.4) is 0 Å². The molecule has 1 aromatic rings. The van der Waals surface area contributed by atoms with Crippen molar-refractivity contribution in [1.82, 2.24) is 0 Å². The molecule has 3 rings (SSSR count). The van der Waals surface area contributed by atoms with Gasteiger partial charge in [0, 0.05) is 30.3 Å². The van der Waals surface area contributed by atoms with Gasteiger partial charge in [0.05, 0.1) is 13.2 Å². The van der Waals surface area contributed by atoms with Crippen molar-refractivity contribution in [3.63, 3.8) is 0 Å². The Morgan fingerprint density at radius 3 is 2.76 bits per heavy atom. The fourth-order valence-corrected chi connectivity index (χ4v) is 1.98. The van der Waals surface area contributed by atoms with Crippen LogP contribution < -0.4 is 20.5 Å². The summed E-state index contributed by atoms with van der Waals surface area (Å²) in [5, 5.41) is 3.37. The number of benzene rings is 1. The zero-order chi connectivity index (χ0) is 11.7. The number of nitrogens with one attached hydrogen (secondary N) is 1. The Morgan fingerprint density at radius 2 is 2.06 bits per heavy atom. The standard InChI is InChI=1S/C12H16N2O3/c13-4-12(6-15-7-12)5-14-9-1-2-10-11(3-9)17-8-16-10/h1-3,14H,4-8,13H2. The molecule has 5 heteroatoms. The largest absolute Gasteiger partial charge is 0.454 e. The number of hydrogen-bond acceptors (Lipinski definition) is 5. The Hall–Kier alpha value is -1.46.